The molecule has 0 saturated carbocycles. The van der Waals surface area contributed by atoms with Gasteiger partial charge in [-0.2, -0.15) is 0 Å². The predicted molar refractivity (Wildman–Crippen MR) is 69.1 cm³/mol. The number of halogens is 1. The number of hydrogen-bond donors (Lipinski definition) is 0. The van der Waals surface area contributed by atoms with Gasteiger partial charge in [0.05, 0.1) is 11.5 Å². The quantitative estimate of drug-likeness (QED) is 0.596. The van der Waals surface area contributed by atoms with Gasteiger partial charge in [-0.25, -0.2) is 8.42 Å². The molecule has 0 aliphatic heterocycles. The third kappa shape index (κ3) is 5.06. The van der Waals surface area contributed by atoms with Crippen LogP contribution >= 0.6 is 10.7 Å². The Morgan fingerprint density at radius 2 is 1.89 bits per heavy atom. The Hall–Kier alpha value is -1.07. The van der Waals surface area contributed by atoms with Crippen LogP contribution in [0.25, 0.3) is 0 Å². The van der Waals surface area contributed by atoms with E-state index in [1.54, 1.807) is 12.1 Å². The predicted octanol–water partition coefficient (Wildman–Crippen LogP) is 2.50. The van der Waals surface area contributed by atoms with Crippen LogP contribution in [0.4, 0.5) is 0 Å². The first-order valence-electron chi connectivity index (χ1n) is 5.62. The minimum atomic E-state index is -3.68. The van der Waals surface area contributed by atoms with Gasteiger partial charge in [0, 0.05) is 17.1 Å². The molecule has 0 aliphatic carbocycles. The van der Waals surface area contributed by atoms with Gasteiger partial charge in [0.25, 0.3) is 9.05 Å². The third-order valence-electron chi connectivity index (χ3n) is 2.29. The lowest BCUT2D eigenvalue weighted by atomic mass is 10.1. The molecule has 0 fully saturated rings. The number of ether oxygens (including phenoxy) is 1. The van der Waals surface area contributed by atoms with Gasteiger partial charge in [0.15, 0.2) is 0 Å². The molecule has 6 heteroatoms. The van der Waals surface area contributed by atoms with E-state index in [1.165, 1.54) is 12.1 Å². The molecular formula is C12H15ClO4S. The van der Waals surface area contributed by atoms with Crippen molar-refractivity contribution in [1.29, 1.82) is 0 Å². The van der Waals surface area contributed by atoms with Crippen molar-refractivity contribution in [2.24, 2.45) is 0 Å². The highest BCUT2D eigenvalue weighted by Crippen LogP contribution is 2.16. The number of esters is 1. The number of aryl methyl sites for hydroxylation is 1. The second-order valence-corrected chi connectivity index (χ2v) is 6.37. The van der Waals surface area contributed by atoms with Gasteiger partial charge in [-0.3, -0.25) is 4.79 Å². The van der Waals surface area contributed by atoms with E-state index < -0.39 is 9.05 Å². The lowest BCUT2D eigenvalue weighted by Crippen LogP contribution is -2.06. The van der Waals surface area contributed by atoms with Crippen LogP contribution in [0.15, 0.2) is 29.2 Å². The normalized spacial score (nSPS) is 11.2. The Morgan fingerprint density at radius 1 is 1.28 bits per heavy atom. The summed E-state index contributed by atoms with van der Waals surface area (Å²) in [6.07, 6.45) is 1.60. The minimum absolute atomic E-state index is 0.0569. The zero-order valence-electron chi connectivity index (χ0n) is 10.1. The van der Waals surface area contributed by atoms with Crippen LogP contribution in [0.3, 0.4) is 0 Å². The standard InChI is InChI=1S/C12H15ClO4S/c1-2-9-17-12(14)8-5-10-3-6-11(7-4-10)18(13,15)16/h3-4,6-7H,2,5,8-9H2,1H3. The van der Waals surface area contributed by atoms with Gasteiger partial charge < -0.3 is 4.74 Å². The second kappa shape index (κ2) is 6.75. The zero-order chi connectivity index (χ0) is 13.6. The molecule has 0 atom stereocenters. The van der Waals surface area contributed by atoms with Gasteiger partial charge in [-0.1, -0.05) is 19.1 Å². The van der Waals surface area contributed by atoms with E-state index in [1.807, 2.05) is 6.92 Å². The average molecular weight is 291 g/mol. The Bertz CT molecular complexity index is 493. The smallest absolute Gasteiger partial charge is 0.306 e. The van der Waals surface area contributed by atoms with Gasteiger partial charge in [0.1, 0.15) is 0 Å². The van der Waals surface area contributed by atoms with Crippen molar-refractivity contribution in [3.8, 4) is 0 Å². The monoisotopic (exact) mass is 290 g/mol. The Morgan fingerprint density at radius 3 is 2.39 bits per heavy atom. The maximum Gasteiger partial charge on any atom is 0.306 e. The molecule has 100 valence electrons. The molecule has 0 radical (unpaired) electrons. The summed E-state index contributed by atoms with van der Waals surface area (Å²) in [6, 6.07) is 6.13. The molecule has 4 nitrogen and oxygen atoms in total. The van der Waals surface area contributed by atoms with Crippen molar-refractivity contribution >= 4 is 25.7 Å². The van der Waals surface area contributed by atoms with Crippen LogP contribution in [-0.4, -0.2) is 21.0 Å². The number of benzene rings is 1. The van der Waals surface area contributed by atoms with Gasteiger partial charge in [0.2, 0.25) is 0 Å². The van der Waals surface area contributed by atoms with Crippen LogP contribution in [-0.2, 0) is 25.0 Å². The van der Waals surface area contributed by atoms with E-state index >= 15 is 0 Å². The van der Waals surface area contributed by atoms with E-state index in [0.717, 1.165) is 12.0 Å². The van der Waals surface area contributed by atoms with Crippen molar-refractivity contribution in [3.05, 3.63) is 29.8 Å². The molecule has 0 N–H and O–H groups in total. The highest BCUT2D eigenvalue weighted by molar-refractivity contribution is 8.13. The molecule has 0 aromatic heterocycles. The van der Waals surface area contributed by atoms with E-state index in [-0.39, 0.29) is 17.3 Å². The SMILES string of the molecule is CCCOC(=O)CCc1ccc(S(=O)(=O)Cl)cc1. The molecule has 0 heterocycles. The second-order valence-electron chi connectivity index (χ2n) is 3.80. The van der Waals surface area contributed by atoms with Crippen LogP contribution in [0.1, 0.15) is 25.3 Å². The number of carbonyl (C=O) groups is 1. The topological polar surface area (TPSA) is 60.4 Å². The third-order valence-corrected chi connectivity index (χ3v) is 3.66. The first-order valence-corrected chi connectivity index (χ1v) is 7.93. The van der Waals surface area contributed by atoms with Crippen molar-refractivity contribution in [3.63, 3.8) is 0 Å². The number of carbonyl (C=O) groups excluding carboxylic acids is 1. The summed E-state index contributed by atoms with van der Waals surface area (Å²) >= 11 is 0. The molecule has 1 aromatic rings. The fourth-order valence-electron chi connectivity index (χ4n) is 1.35. The highest BCUT2D eigenvalue weighted by Gasteiger charge is 2.09. The van der Waals surface area contributed by atoms with Gasteiger partial charge >= 0.3 is 5.97 Å². The highest BCUT2D eigenvalue weighted by atomic mass is 35.7. The van der Waals surface area contributed by atoms with Crippen molar-refractivity contribution < 1.29 is 17.9 Å². The Kier molecular flexibility index (Phi) is 5.62. The molecule has 18 heavy (non-hydrogen) atoms. The Labute approximate surface area is 111 Å². The fraction of sp³-hybridized carbons (Fsp3) is 0.417. The van der Waals surface area contributed by atoms with Crippen molar-refractivity contribution in [2.75, 3.05) is 6.61 Å². The van der Waals surface area contributed by atoms with Crippen LogP contribution in [0, 0.1) is 0 Å². The summed E-state index contributed by atoms with van der Waals surface area (Å²) in [5.74, 6) is -0.245. The molecule has 0 aliphatic rings. The molecule has 0 saturated heterocycles. The molecule has 0 unspecified atom stereocenters. The summed E-state index contributed by atoms with van der Waals surface area (Å²) in [5, 5.41) is 0. The number of hydrogen-bond acceptors (Lipinski definition) is 4. The van der Waals surface area contributed by atoms with Crippen LogP contribution in [0.2, 0.25) is 0 Å². The van der Waals surface area contributed by atoms with E-state index in [9.17, 15) is 13.2 Å². The molecule has 0 amide bonds. The molecule has 0 bridgehead atoms. The van der Waals surface area contributed by atoms with Gasteiger partial charge in [-0.15, -0.1) is 0 Å². The van der Waals surface area contributed by atoms with Crippen LogP contribution < -0.4 is 0 Å². The zero-order valence-corrected chi connectivity index (χ0v) is 11.6. The van der Waals surface area contributed by atoms with E-state index in [4.69, 9.17) is 15.4 Å². The summed E-state index contributed by atoms with van der Waals surface area (Å²) in [5.41, 5.74) is 0.868. The average Bonchev–Trinajstić information content (AvgIpc) is 2.33. The van der Waals surface area contributed by atoms with Crippen molar-refractivity contribution in [2.45, 2.75) is 31.1 Å². The summed E-state index contributed by atoms with van der Waals surface area (Å²) in [7, 11) is 1.51. The van der Waals surface area contributed by atoms with E-state index in [0.29, 0.717) is 13.0 Å². The maximum absolute atomic E-state index is 11.3. The first-order chi connectivity index (χ1) is 8.43. The molecule has 1 aromatic carbocycles. The minimum Gasteiger partial charge on any atom is -0.466 e. The maximum atomic E-state index is 11.3. The Balaban J connectivity index is 2.52. The summed E-state index contributed by atoms with van der Waals surface area (Å²) < 4.78 is 27.0. The molecule has 1 rings (SSSR count). The van der Waals surface area contributed by atoms with Crippen molar-refractivity contribution in [1.82, 2.24) is 0 Å². The molecule has 0 spiro atoms. The molecular weight excluding hydrogens is 276 g/mol. The number of rotatable bonds is 6. The largest absolute Gasteiger partial charge is 0.466 e. The summed E-state index contributed by atoms with van der Waals surface area (Å²) in [4.78, 5) is 11.3. The lowest BCUT2D eigenvalue weighted by molar-refractivity contribution is -0.143. The van der Waals surface area contributed by atoms with E-state index in [2.05, 4.69) is 0 Å². The fourth-order valence-corrected chi connectivity index (χ4v) is 2.12. The lowest BCUT2D eigenvalue weighted by Gasteiger charge is -2.03. The first kappa shape index (κ1) is 15.0. The summed E-state index contributed by atoms with van der Waals surface area (Å²) in [6.45, 7) is 2.36. The van der Waals surface area contributed by atoms with Crippen LogP contribution in [0.5, 0.6) is 0 Å². The van der Waals surface area contributed by atoms with Gasteiger partial charge in [-0.05, 0) is 30.5 Å².